The van der Waals surface area contributed by atoms with Crippen molar-refractivity contribution in [3.63, 3.8) is 0 Å². The van der Waals surface area contributed by atoms with E-state index in [0.29, 0.717) is 25.5 Å². The molecule has 1 N–H and O–H groups in total. The fourth-order valence-corrected chi connectivity index (χ4v) is 2.85. The van der Waals surface area contributed by atoms with Gasteiger partial charge in [-0.15, -0.1) is 0 Å². The minimum absolute atomic E-state index is 0.0669. The maximum atomic E-state index is 12.7. The monoisotopic (exact) mass is 317 g/mol. The topological polar surface area (TPSA) is 80.0 Å². The molecule has 6 heteroatoms. The molecule has 23 heavy (non-hydrogen) atoms. The fourth-order valence-electron chi connectivity index (χ4n) is 2.85. The third-order valence-electron chi connectivity index (χ3n) is 4.09. The molecule has 1 aromatic carbocycles. The molecule has 1 fully saturated rings. The van der Waals surface area contributed by atoms with Crippen LogP contribution >= 0.6 is 0 Å². The summed E-state index contributed by atoms with van der Waals surface area (Å²) < 4.78 is 11.2. The Morgan fingerprint density at radius 1 is 1.39 bits per heavy atom. The number of amides is 1. The van der Waals surface area contributed by atoms with E-state index in [1.807, 2.05) is 37.3 Å². The number of nitrogens with zero attached hydrogens (tertiary/aromatic N) is 1. The van der Waals surface area contributed by atoms with Crippen molar-refractivity contribution in [2.45, 2.75) is 25.4 Å². The maximum Gasteiger partial charge on any atom is 0.306 e. The van der Waals surface area contributed by atoms with E-state index in [1.54, 1.807) is 4.90 Å². The van der Waals surface area contributed by atoms with Gasteiger partial charge in [0.15, 0.2) is 0 Å². The first-order chi connectivity index (χ1) is 11.0. The predicted molar refractivity (Wildman–Crippen MR) is 83.2 cm³/mol. The Bertz CT molecular complexity index is 690. The lowest BCUT2D eigenvalue weighted by Gasteiger charge is -2.33. The smallest absolute Gasteiger partial charge is 0.306 e. The highest BCUT2D eigenvalue weighted by atomic mass is 16.5. The van der Waals surface area contributed by atoms with Gasteiger partial charge in [-0.2, -0.15) is 0 Å². The number of ether oxygens (including phenoxy) is 1. The highest BCUT2D eigenvalue weighted by molar-refractivity contribution is 5.85. The molecule has 6 nitrogen and oxygen atoms in total. The van der Waals surface area contributed by atoms with Crippen molar-refractivity contribution < 1.29 is 23.8 Å². The summed E-state index contributed by atoms with van der Waals surface area (Å²) >= 11 is 0. The van der Waals surface area contributed by atoms with E-state index in [1.165, 1.54) is 0 Å². The molecule has 2 aromatic rings. The van der Waals surface area contributed by atoms with Crippen molar-refractivity contribution in [3.05, 3.63) is 36.1 Å². The van der Waals surface area contributed by atoms with Gasteiger partial charge in [0.25, 0.3) is 0 Å². The van der Waals surface area contributed by atoms with Gasteiger partial charge in [0, 0.05) is 18.5 Å². The van der Waals surface area contributed by atoms with E-state index in [4.69, 9.17) is 14.3 Å². The van der Waals surface area contributed by atoms with Gasteiger partial charge in [0.2, 0.25) is 5.91 Å². The summed E-state index contributed by atoms with van der Waals surface area (Å²) in [6.45, 7) is 2.94. The molecule has 1 aliphatic heterocycles. The van der Waals surface area contributed by atoms with E-state index in [0.717, 1.165) is 11.0 Å². The van der Waals surface area contributed by atoms with Crippen LogP contribution < -0.4 is 0 Å². The van der Waals surface area contributed by atoms with Gasteiger partial charge < -0.3 is 19.2 Å². The first-order valence-electron chi connectivity index (χ1n) is 7.65. The third kappa shape index (κ3) is 3.37. The summed E-state index contributed by atoms with van der Waals surface area (Å²) in [5.74, 6) is -0.777. The van der Waals surface area contributed by atoms with Crippen molar-refractivity contribution >= 4 is 22.8 Å². The van der Waals surface area contributed by atoms with Crippen LogP contribution in [0.4, 0.5) is 0 Å². The number of rotatable bonds is 4. The van der Waals surface area contributed by atoms with Crippen molar-refractivity contribution in [1.82, 2.24) is 4.90 Å². The number of para-hydroxylation sites is 1. The second-order valence-corrected chi connectivity index (χ2v) is 5.78. The highest BCUT2D eigenvalue weighted by Gasteiger charge is 2.30. The van der Waals surface area contributed by atoms with Crippen LogP contribution in [0, 0.1) is 0 Å². The van der Waals surface area contributed by atoms with Gasteiger partial charge in [-0.3, -0.25) is 9.59 Å². The molecule has 1 aromatic heterocycles. The van der Waals surface area contributed by atoms with E-state index < -0.39 is 18.0 Å². The molecule has 2 atom stereocenters. The van der Waals surface area contributed by atoms with Gasteiger partial charge in [-0.25, -0.2) is 0 Å². The van der Waals surface area contributed by atoms with Crippen LogP contribution in [0.5, 0.6) is 0 Å². The molecule has 1 amide bonds. The van der Waals surface area contributed by atoms with Gasteiger partial charge in [0.05, 0.1) is 25.0 Å². The normalized spacial score (nSPS) is 19.7. The zero-order chi connectivity index (χ0) is 16.4. The number of morpholine rings is 1. The maximum absolute atomic E-state index is 12.7. The summed E-state index contributed by atoms with van der Waals surface area (Å²) in [4.78, 5) is 25.1. The number of furan rings is 1. The van der Waals surface area contributed by atoms with Crippen molar-refractivity contribution in [2.75, 3.05) is 19.7 Å². The minimum Gasteiger partial charge on any atom is -0.481 e. The Hall–Kier alpha value is -2.34. The zero-order valence-electron chi connectivity index (χ0n) is 12.9. The second kappa shape index (κ2) is 6.42. The summed E-state index contributed by atoms with van der Waals surface area (Å²) in [7, 11) is 0. The summed E-state index contributed by atoms with van der Waals surface area (Å²) in [6.07, 6.45) is -0.545. The number of carboxylic acid groups (broad SMARTS) is 1. The number of benzene rings is 1. The van der Waals surface area contributed by atoms with Crippen LogP contribution in [0.25, 0.3) is 11.0 Å². The molecule has 122 valence electrons. The molecule has 0 bridgehead atoms. The Balaban J connectivity index is 1.72. The van der Waals surface area contributed by atoms with Gasteiger partial charge in [0.1, 0.15) is 11.3 Å². The molecule has 0 radical (unpaired) electrons. The van der Waals surface area contributed by atoms with Crippen LogP contribution in [0.2, 0.25) is 0 Å². The molecule has 0 unspecified atom stereocenters. The van der Waals surface area contributed by atoms with E-state index in [9.17, 15) is 9.59 Å². The number of carbonyl (C=O) groups excluding carboxylic acids is 1. The molecule has 0 spiro atoms. The van der Waals surface area contributed by atoms with Crippen LogP contribution in [0.15, 0.2) is 34.7 Å². The number of aliphatic carboxylic acids is 1. The number of hydrogen-bond acceptors (Lipinski definition) is 4. The summed E-state index contributed by atoms with van der Waals surface area (Å²) in [5.41, 5.74) is 0.757. The van der Waals surface area contributed by atoms with E-state index in [2.05, 4.69) is 0 Å². The lowest BCUT2D eigenvalue weighted by atomic mass is 10.1. The molecule has 1 saturated heterocycles. The summed E-state index contributed by atoms with van der Waals surface area (Å²) in [5, 5.41) is 9.83. The average molecular weight is 317 g/mol. The largest absolute Gasteiger partial charge is 0.481 e. The highest BCUT2D eigenvalue weighted by Crippen LogP contribution is 2.27. The number of carbonyl (C=O) groups is 2. The van der Waals surface area contributed by atoms with E-state index in [-0.39, 0.29) is 12.3 Å². The Morgan fingerprint density at radius 2 is 2.17 bits per heavy atom. The number of fused-ring (bicyclic) bond motifs is 1. The lowest BCUT2D eigenvalue weighted by molar-refractivity contribution is -0.148. The predicted octanol–water partition coefficient (Wildman–Crippen LogP) is 2.24. The minimum atomic E-state index is -0.922. The fraction of sp³-hybridized carbons (Fsp3) is 0.412. The van der Waals surface area contributed by atoms with Crippen molar-refractivity contribution in [3.8, 4) is 0 Å². The Morgan fingerprint density at radius 3 is 2.91 bits per heavy atom. The summed E-state index contributed by atoms with van der Waals surface area (Å²) in [6, 6.07) is 9.51. The molecular formula is C17H19NO5. The SMILES string of the molecule is C[C@@H](C(=O)N1CCO[C@@H](CC(=O)O)C1)c1cc2ccccc2o1. The molecule has 3 rings (SSSR count). The lowest BCUT2D eigenvalue weighted by Crippen LogP contribution is -2.47. The van der Waals surface area contributed by atoms with Gasteiger partial charge >= 0.3 is 5.97 Å². The second-order valence-electron chi connectivity index (χ2n) is 5.78. The standard InChI is InChI=1S/C17H19NO5/c1-11(15-8-12-4-2-3-5-14(12)23-15)17(21)18-6-7-22-13(10-18)9-16(19)20/h2-5,8,11,13H,6-7,9-10H2,1H3,(H,19,20)/t11-,13+/m1/s1. The quantitative estimate of drug-likeness (QED) is 0.935. The molecule has 1 aliphatic rings. The van der Waals surface area contributed by atoms with Gasteiger partial charge in [-0.05, 0) is 19.1 Å². The Kier molecular flexibility index (Phi) is 4.34. The Labute approximate surface area is 133 Å². The van der Waals surface area contributed by atoms with Crippen molar-refractivity contribution in [2.24, 2.45) is 0 Å². The molecular weight excluding hydrogens is 298 g/mol. The average Bonchev–Trinajstić information content (AvgIpc) is 2.97. The van der Waals surface area contributed by atoms with Gasteiger partial charge in [-0.1, -0.05) is 18.2 Å². The van der Waals surface area contributed by atoms with Crippen molar-refractivity contribution in [1.29, 1.82) is 0 Å². The van der Waals surface area contributed by atoms with E-state index >= 15 is 0 Å². The van der Waals surface area contributed by atoms with Crippen LogP contribution in [0.1, 0.15) is 25.0 Å². The first kappa shape index (κ1) is 15.6. The zero-order valence-corrected chi connectivity index (χ0v) is 12.9. The van der Waals surface area contributed by atoms with Crippen LogP contribution in [0.3, 0.4) is 0 Å². The third-order valence-corrected chi connectivity index (χ3v) is 4.09. The van der Waals surface area contributed by atoms with Crippen LogP contribution in [-0.2, 0) is 14.3 Å². The molecule has 0 aliphatic carbocycles. The first-order valence-corrected chi connectivity index (χ1v) is 7.65. The number of carboxylic acids is 1. The van der Waals surface area contributed by atoms with Crippen LogP contribution in [-0.4, -0.2) is 47.7 Å². The number of hydrogen-bond donors (Lipinski definition) is 1. The molecule has 2 heterocycles. The molecule has 0 saturated carbocycles.